The molecule has 0 spiro atoms. The van der Waals surface area contributed by atoms with Crippen molar-refractivity contribution in [2.24, 2.45) is 5.92 Å². The molecular weight excluding hydrogens is 232 g/mol. The van der Waals surface area contributed by atoms with Gasteiger partial charge >= 0.3 is 5.97 Å². The van der Waals surface area contributed by atoms with Crippen LogP contribution in [0.5, 0.6) is 0 Å². The minimum atomic E-state index is -0.852. The maximum atomic E-state index is 11.3. The molecule has 0 bridgehead atoms. The smallest absolute Gasteiger partial charge is 0.330 e. The van der Waals surface area contributed by atoms with Crippen LogP contribution in [0.3, 0.4) is 0 Å². The number of carboxylic acids is 1. The Hall–Kier alpha value is -1.36. The summed E-state index contributed by atoms with van der Waals surface area (Å²) in [4.78, 5) is 24.3. The number of likely N-dealkylation sites (tertiary alicyclic amines) is 1. The van der Waals surface area contributed by atoms with Gasteiger partial charge in [0.25, 0.3) is 0 Å². The first-order valence-electron chi connectivity index (χ1n) is 6.48. The van der Waals surface area contributed by atoms with Crippen LogP contribution in [0.4, 0.5) is 0 Å². The maximum Gasteiger partial charge on any atom is 0.330 e. The van der Waals surface area contributed by atoms with Crippen LogP contribution in [0.2, 0.25) is 0 Å². The molecule has 0 saturated carbocycles. The highest BCUT2D eigenvalue weighted by atomic mass is 16.4. The molecule has 2 atom stereocenters. The van der Waals surface area contributed by atoms with Crippen LogP contribution in [0.1, 0.15) is 26.2 Å². The average Bonchev–Trinajstić information content (AvgIpc) is 2.35. The molecule has 2 N–H and O–H groups in total. The van der Waals surface area contributed by atoms with Gasteiger partial charge in [0, 0.05) is 37.7 Å². The molecule has 2 heterocycles. The number of amides is 1. The molecule has 2 rings (SSSR count). The fraction of sp³-hybridized carbons (Fsp3) is 0.692. The van der Waals surface area contributed by atoms with Crippen LogP contribution in [0.15, 0.2) is 11.6 Å². The zero-order valence-corrected chi connectivity index (χ0v) is 10.7. The molecule has 1 amide bonds. The van der Waals surface area contributed by atoms with Crippen molar-refractivity contribution in [3.05, 3.63) is 11.6 Å². The van der Waals surface area contributed by atoms with Gasteiger partial charge < -0.3 is 10.4 Å². The monoisotopic (exact) mass is 252 g/mol. The number of fused-ring (bicyclic) bond motifs is 1. The van der Waals surface area contributed by atoms with Crippen molar-refractivity contribution in [3.8, 4) is 0 Å². The number of hydrogen-bond donors (Lipinski definition) is 2. The fourth-order valence-electron chi connectivity index (χ4n) is 2.70. The van der Waals surface area contributed by atoms with Gasteiger partial charge in [-0.2, -0.15) is 0 Å². The Labute approximate surface area is 107 Å². The first-order chi connectivity index (χ1) is 8.56. The molecule has 2 saturated heterocycles. The molecule has 0 aromatic carbocycles. The summed E-state index contributed by atoms with van der Waals surface area (Å²) in [6.45, 7) is 4.18. The third-order valence-corrected chi connectivity index (χ3v) is 3.90. The summed E-state index contributed by atoms with van der Waals surface area (Å²) in [5, 5.41) is 11.8. The highest BCUT2D eigenvalue weighted by Gasteiger charge is 2.33. The van der Waals surface area contributed by atoms with Crippen LogP contribution in [-0.2, 0) is 9.59 Å². The van der Waals surface area contributed by atoms with Gasteiger partial charge in [0.05, 0.1) is 0 Å². The van der Waals surface area contributed by atoms with E-state index in [1.165, 1.54) is 0 Å². The zero-order chi connectivity index (χ0) is 13.1. The van der Waals surface area contributed by atoms with Gasteiger partial charge in [-0.3, -0.25) is 9.69 Å². The molecular formula is C13H20N2O3. The van der Waals surface area contributed by atoms with Crippen molar-refractivity contribution in [1.82, 2.24) is 10.2 Å². The zero-order valence-electron chi connectivity index (χ0n) is 10.7. The van der Waals surface area contributed by atoms with Crippen LogP contribution in [0, 0.1) is 5.92 Å². The minimum absolute atomic E-state index is 0.173. The minimum Gasteiger partial charge on any atom is -0.478 e. The molecule has 5 nitrogen and oxygen atoms in total. The lowest BCUT2D eigenvalue weighted by Crippen LogP contribution is -2.53. The first-order valence-corrected chi connectivity index (χ1v) is 6.48. The molecule has 2 aliphatic rings. The quantitative estimate of drug-likeness (QED) is 0.722. The fourth-order valence-corrected chi connectivity index (χ4v) is 2.70. The predicted octanol–water partition coefficient (Wildman–Crippen LogP) is 0.618. The third-order valence-electron chi connectivity index (χ3n) is 3.90. The van der Waals surface area contributed by atoms with Crippen molar-refractivity contribution in [3.63, 3.8) is 0 Å². The van der Waals surface area contributed by atoms with E-state index in [-0.39, 0.29) is 5.91 Å². The average molecular weight is 252 g/mol. The van der Waals surface area contributed by atoms with Crippen LogP contribution < -0.4 is 5.32 Å². The molecule has 0 radical (unpaired) electrons. The van der Waals surface area contributed by atoms with Crippen molar-refractivity contribution < 1.29 is 14.7 Å². The second-order valence-electron chi connectivity index (χ2n) is 5.21. The first kappa shape index (κ1) is 13.1. The number of piperidine rings is 2. The molecule has 18 heavy (non-hydrogen) atoms. The highest BCUT2D eigenvalue weighted by Crippen LogP contribution is 2.25. The second-order valence-corrected chi connectivity index (χ2v) is 5.21. The molecule has 5 heteroatoms. The Balaban J connectivity index is 1.86. The van der Waals surface area contributed by atoms with E-state index in [0.717, 1.165) is 25.9 Å². The number of carbonyl (C=O) groups is 2. The summed E-state index contributed by atoms with van der Waals surface area (Å²) in [6, 6.07) is 0.326. The molecule has 0 aromatic heterocycles. The Bertz CT molecular complexity index is 378. The van der Waals surface area contributed by atoms with Crippen LogP contribution in [0.25, 0.3) is 0 Å². The van der Waals surface area contributed by atoms with E-state index in [1.54, 1.807) is 13.0 Å². The Morgan fingerprint density at radius 2 is 2.33 bits per heavy atom. The third kappa shape index (κ3) is 3.10. The summed E-state index contributed by atoms with van der Waals surface area (Å²) in [7, 11) is 0. The van der Waals surface area contributed by atoms with E-state index in [9.17, 15) is 9.59 Å². The van der Waals surface area contributed by atoms with Gasteiger partial charge in [-0.15, -0.1) is 0 Å². The lowest BCUT2D eigenvalue weighted by atomic mass is 9.85. The number of nitrogens with zero attached hydrogens (tertiary/aromatic N) is 1. The molecule has 0 aliphatic carbocycles. The van der Waals surface area contributed by atoms with Gasteiger partial charge in [-0.05, 0) is 25.7 Å². The van der Waals surface area contributed by atoms with Gasteiger partial charge in [-0.25, -0.2) is 4.79 Å². The van der Waals surface area contributed by atoms with Crippen LogP contribution in [-0.4, -0.2) is 47.6 Å². The van der Waals surface area contributed by atoms with Crippen LogP contribution >= 0.6 is 0 Å². The Morgan fingerprint density at radius 1 is 1.56 bits per heavy atom. The van der Waals surface area contributed by atoms with E-state index in [1.807, 2.05) is 0 Å². The number of nitrogens with one attached hydrogen (secondary N) is 1. The van der Waals surface area contributed by atoms with E-state index < -0.39 is 5.97 Å². The van der Waals surface area contributed by atoms with Gasteiger partial charge in [0.1, 0.15) is 0 Å². The lowest BCUT2D eigenvalue weighted by molar-refractivity contribution is -0.132. The number of aliphatic carboxylic acids is 1. The largest absolute Gasteiger partial charge is 0.478 e. The number of carbonyl (C=O) groups excluding carboxylic acids is 1. The summed E-state index contributed by atoms with van der Waals surface area (Å²) in [5.41, 5.74) is 0.397. The number of rotatable bonds is 3. The van der Waals surface area contributed by atoms with Gasteiger partial charge in [0.2, 0.25) is 5.91 Å². The molecule has 2 fully saturated rings. The van der Waals surface area contributed by atoms with Crippen molar-refractivity contribution in [2.45, 2.75) is 32.2 Å². The lowest BCUT2D eigenvalue weighted by Gasteiger charge is -2.41. The van der Waals surface area contributed by atoms with Crippen molar-refractivity contribution >= 4 is 11.9 Å². The molecule has 2 unspecified atom stereocenters. The SMILES string of the molecule is CC(=CCN1CCC2NC(=O)CCC2C1)C(=O)O. The Kier molecular flexibility index (Phi) is 4.01. The maximum absolute atomic E-state index is 11.3. The highest BCUT2D eigenvalue weighted by molar-refractivity contribution is 5.85. The summed E-state index contributed by atoms with van der Waals surface area (Å²) in [5.74, 6) is -0.156. The number of hydrogen-bond acceptors (Lipinski definition) is 3. The second kappa shape index (κ2) is 5.52. The van der Waals surface area contributed by atoms with Gasteiger partial charge in [0.15, 0.2) is 0 Å². The van der Waals surface area contributed by atoms with E-state index in [2.05, 4.69) is 10.2 Å². The summed E-state index contributed by atoms with van der Waals surface area (Å²) in [6.07, 6.45) is 4.31. The predicted molar refractivity (Wildman–Crippen MR) is 67.1 cm³/mol. The standard InChI is InChI=1S/C13H20N2O3/c1-9(13(17)18)4-6-15-7-5-11-10(8-15)2-3-12(16)14-11/h4,10-11H,2-3,5-8H2,1H3,(H,14,16)(H,17,18). The van der Waals surface area contributed by atoms with E-state index in [4.69, 9.17) is 5.11 Å². The molecule has 2 aliphatic heterocycles. The normalized spacial score (nSPS) is 29.6. The van der Waals surface area contributed by atoms with Gasteiger partial charge in [-0.1, -0.05) is 6.08 Å². The van der Waals surface area contributed by atoms with E-state index >= 15 is 0 Å². The topological polar surface area (TPSA) is 69.6 Å². The van der Waals surface area contributed by atoms with Crippen molar-refractivity contribution in [1.29, 1.82) is 0 Å². The Morgan fingerprint density at radius 3 is 3.06 bits per heavy atom. The van der Waals surface area contributed by atoms with Crippen molar-refractivity contribution in [2.75, 3.05) is 19.6 Å². The summed E-state index contributed by atoms with van der Waals surface area (Å²) >= 11 is 0. The summed E-state index contributed by atoms with van der Waals surface area (Å²) < 4.78 is 0. The number of carboxylic acid groups (broad SMARTS) is 1. The molecule has 0 aromatic rings. The molecule has 100 valence electrons. The van der Waals surface area contributed by atoms with E-state index in [0.29, 0.717) is 30.5 Å².